The standard InChI is InChI=1S/C16H10N4O2/c21-15-14(18-12-7-3-4-8-13(12)19-15)20-16(22)11-6-2-1-5-10(11)9-17-20/h1-9H,(H,19,21). The molecule has 0 saturated heterocycles. The number of benzene rings is 2. The molecule has 2 heterocycles. The summed E-state index contributed by atoms with van der Waals surface area (Å²) >= 11 is 0. The Labute approximate surface area is 123 Å². The molecule has 1 N–H and O–H groups in total. The van der Waals surface area contributed by atoms with E-state index >= 15 is 0 Å². The molecule has 0 aliphatic rings. The third-order valence-corrected chi connectivity index (χ3v) is 3.48. The van der Waals surface area contributed by atoms with Crippen LogP contribution in [-0.4, -0.2) is 19.7 Å². The second kappa shape index (κ2) is 4.63. The van der Waals surface area contributed by atoms with Crippen LogP contribution in [0.4, 0.5) is 0 Å². The van der Waals surface area contributed by atoms with Gasteiger partial charge in [0.2, 0.25) is 5.82 Å². The van der Waals surface area contributed by atoms with E-state index < -0.39 is 5.56 Å². The maximum Gasteiger partial charge on any atom is 0.293 e. The van der Waals surface area contributed by atoms with E-state index in [0.717, 1.165) is 10.1 Å². The summed E-state index contributed by atoms with van der Waals surface area (Å²) in [5.74, 6) is -0.0329. The van der Waals surface area contributed by atoms with Crippen molar-refractivity contribution in [2.24, 2.45) is 0 Å². The van der Waals surface area contributed by atoms with Gasteiger partial charge in [0.05, 0.1) is 22.6 Å². The fourth-order valence-corrected chi connectivity index (χ4v) is 2.41. The SMILES string of the molecule is O=c1[nH]c2ccccc2nc1-n1ncc2ccccc2c1=O. The maximum atomic E-state index is 12.5. The quantitative estimate of drug-likeness (QED) is 0.577. The van der Waals surface area contributed by atoms with Crippen molar-refractivity contribution in [2.75, 3.05) is 0 Å². The molecule has 0 aliphatic heterocycles. The van der Waals surface area contributed by atoms with Gasteiger partial charge in [-0.05, 0) is 18.2 Å². The Kier molecular flexibility index (Phi) is 2.62. The van der Waals surface area contributed by atoms with Crippen LogP contribution in [0.1, 0.15) is 0 Å². The molecule has 4 rings (SSSR count). The zero-order valence-corrected chi connectivity index (χ0v) is 11.4. The molecule has 6 nitrogen and oxygen atoms in total. The summed E-state index contributed by atoms with van der Waals surface area (Å²) in [4.78, 5) is 31.7. The second-order valence-corrected chi connectivity index (χ2v) is 4.86. The van der Waals surface area contributed by atoms with Gasteiger partial charge in [0.25, 0.3) is 11.1 Å². The summed E-state index contributed by atoms with van der Waals surface area (Å²) in [6.45, 7) is 0. The molecule has 6 heteroatoms. The molecule has 0 amide bonds. The molecule has 0 fully saturated rings. The van der Waals surface area contributed by atoms with Crippen molar-refractivity contribution in [2.45, 2.75) is 0 Å². The molecule has 0 atom stereocenters. The predicted molar refractivity (Wildman–Crippen MR) is 83.3 cm³/mol. The lowest BCUT2D eigenvalue weighted by atomic mass is 10.2. The van der Waals surface area contributed by atoms with Gasteiger partial charge in [-0.2, -0.15) is 9.78 Å². The van der Waals surface area contributed by atoms with Crippen LogP contribution in [0.15, 0.2) is 64.3 Å². The van der Waals surface area contributed by atoms with E-state index in [1.807, 2.05) is 12.1 Å². The van der Waals surface area contributed by atoms with Crippen LogP contribution in [0.2, 0.25) is 0 Å². The van der Waals surface area contributed by atoms with E-state index in [1.165, 1.54) is 0 Å². The first-order valence-electron chi connectivity index (χ1n) is 6.70. The molecule has 0 spiro atoms. The van der Waals surface area contributed by atoms with Gasteiger partial charge < -0.3 is 4.98 Å². The Morgan fingerprint density at radius 1 is 0.955 bits per heavy atom. The van der Waals surface area contributed by atoms with Crippen molar-refractivity contribution >= 4 is 21.8 Å². The Bertz CT molecular complexity index is 1120. The zero-order valence-electron chi connectivity index (χ0n) is 11.4. The minimum Gasteiger partial charge on any atom is -0.317 e. The molecule has 4 aromatic rings. The average molecular weight is 290 g/mol. The van der Waals surface area contributed by atoms with Crippen molar-refractivity contribution in [3.63, 3.8) is 0 Å². The van der Waals surface area contributed by atoms with E-state index in [-0.39, 0.29) is 11.4 Å². The third-order valence-electron chi connectivity index (χ3n) is 3.48. The van der Waals surface area contributed by atoms with Crippen molar-refractivity contribution in [3.05, 3.63) is 75.4 Å². The van der Waals surface area contributed by atoms with Crippen LogP contribution in [0.5, 0.6) is 0 Å². The van der Waals surface area contributed by atoms with Crippen LogP contribution in [0, 0.1) is 0 Å². The fourth-order valence-electron chi connectivity index (χ4n) is 2.41. The van der Waals surface area contributed by atoms with Crippen LogP contribution in [-0.2, 0) is 0 Å². The number of aromatic amines is 1. The van der Waals surface area contributed by atoms with E-state index in [1.54, 1.807) is 42.6 Å². The first-order valence-corrected chi connectivity index (χ1v) is 6.70. The highest BCUT2D eigenvalue weighted by Gasteiger charge is 2.11. The Balaban J connectivity index is 2.07. The lowest BCUT2D eigenvalue weighted by Crippen LogP contribution is -2.28. The number of hydrogen-bond acceptors (Lipinski definition) is 4. The number of nitrogens with zero attached hydrogens (tertiary/aromatic N) is 3. The van der Waals surface area contributed by atoms with Gasteiger partial charge in [0.1, 0.15) is 0 Å². The minimum absolute atomic E-state index is 0.0329. The van der Waals surface area contributed by atoms with Crippen LogP contribution in [0.25, 0.3) is 27.6 Å². The Morgan fingerprint density at radius 2 is 1.73 bits per heavy atom. The molecule has 2 aromatic carbocycles. The van der Waals surface area contributed by atoms with E-state index in [4.69, 9.17) is 0 Å². The number of para-hydroxylation sites is 2. The predicted octanol–water partition coefficient (Wildman–Crippen LogP) is 1.62. The van der Waals surface area contributed by atoms with Gasteiger partial charge in [-0.25, -0.2) is 4.98 Å². The molecule has 0 aliphatic carbocycles. The van der Waals surface area contributed by atoms with E-state index in [9.17, 15) is 9.59 Å². The average Bonchev–Trinajstić information content (AvgIpc) is 2.55. The van der Waals surface area contributed by atoms with Gasteiger partial charge in [-0.1, -0.05) is 30.3 Å². The van der Waals surface area contributed by atoms with E-state index in [0.29, 0.717) is 16.4 Å². The van der Waals surface area contributed by atoms with Gasteiger partial charge in [-0.3, -0.25) is 9.59 Å². The maximum absolute atomic E-state index is 12.5. The molecule has 106 valence electrons. The van der Waals surface area contributed by atoms with Crippen LogP contribution >= 0.6 is 0 Å². The topological polar surface area (TPSA) is 80.6 Å². The summed E-state index contributed by atoms with van der Waals surface area (Å²) in [5.41, 5.74) is 0.388. The first kappa shape index (κ1) is 12.5. The molecule has 0 unspecified atom stereocenters. The number of fused-ring (bicyclic) bond motifs is 2. The van der Waals surface area contributed by atoms with Gasteiger partial charge in [0, 0.05) is 5.39 Å². The number of aromatic nitrogens is 4. The van der Waals surface area contributed by atoms with Crippen LogP contribution < -0.4 is 11.1 Å². The van der Waals surface area contributed by atoms with Crippen molar-refractivity contribution in [1.82, 2.24) is 19.7 Å². The summed E-state index contributed by atoms with van der Waals surface area (Å²) in [5, 5.41) is 5.28. The van der Waals surface area contributed by atoms with Crippen molar-refractivity contribution in [3.8, 4) is 5.82 Å². The molecule has 22 heavy (non-hydrogen) atoms. The van der Waals surface area contributed by atoms with E-state index in [2.05, 4.69) is 15.1 Å². The second-order valence-electron chi connectivity index (χ2n) is 4.86. The third kappa shape index (κ3) is 1.81. The lowest BCUT2D eigenvalue weighted by molar-refractivity contribution is 0.784. The first-order chi connectivity index (χ1) is 10.7. The number of nitrogens with one attached hydrogen (secondary N) is 1. The number of hydrogen-bond donors (Lipinski definition) is 1. The summed E-state index contributed by atoms with van der Waals surface area (Å²) in [6, 6.07) is 14.2. The van der Waals surface area contributed by atoms with Crippen molar-refractivity contribution < 1.29 is 0 Å². The normalized spacial score (nSPS) is 11.1. The Morgan fingerprint density at radius 3 is 2.64 bits per heavy atom. The highest BCUT2D eigenvalue weighted by atomic mass is 16.1. The lowest BCUT2D eigenvalue weighted by Gasteiger charge is -2.05. The number of rotatable bonds is 1. The van der Waals surface area contributed by atoms with Gasteiger partial charge >= 0.3 is 0 Å². The minimum atomic E-state index is -0.455. The summed E-state index contributed by atoms with van der Waals surface area (Å²) in [6.07, 6.45) is 1.55. The van der Waals surface area contributed by atoms with Crippen molar-refractivity contribution in [1.29, 1.82) is 0 Å². The Hall–Kier alpha value is -3.28. The molecule has 0 bridgehead atoms. The smallest absolute Gasteiger partial charge is 0.293 e. The zero-order chi connectivity index (χ0) is 15.1. The highest BCUT2D eigenvalue weighted by Crippen LogP contribution is 2.09. The summed E-state index contributed by atoms with van der Waals surface area (Å²) in [7, 11) is 0. The van der Waals surface area contributed by atoms with Gasteiger partial charge in [-0.15, -0.1) is 0 Å². The van der Waals surface area contributed by atoms with Gasteiger partial charge in [0.15, 0.2) is 0 Å². The monoisotopic (exact) mass is 290 g/mol. The molecule has 0 saturated carbocycles. The number of H-pyrrole nitrogens is 1. The summed E-state index contributed by atoms with van der Waals surface area (Å²) < 4.78 is 1.04. The molecule has 0 radical (unpaired) electrons. The highest BCUT2D eigenvalue weighted by molar-refractivity contribution is 5.80. The largest absolute Gasteiger partial charge is 0.317 e. The molecular weight excluding hydrogens is 280 g/mol. The fraction of sp³-hybridized carbons (Fsp3) is 0. The molecule has 2 aromatic heterocycles. The van der Waals surface area contributed by atoms with Crippen LogP contribution in [0.3, 0.4) is 0 Å². The molecular formula is C16H10N4O2.